The van der Waals surface area contributed by atoms with E-state index in [-0.39, 0.29) is 33.6 Å². The molecule has 2 amide bonds. The number of nitrogens with zero attached hydrogens (tertiary/aromatic N) is 2. The minimum atomic E-state index is -0.952. The Morgan fingerprint density at radius 2 is 1.93 bits per heavy atom. The van der Waals surface area contributed by atoms with Gasteiger partial charge in [-0.05, 0) is 29.8 Å². The molecule has 2 aromatic rings. The van der Waals surface area contributed by atoms with Crippen molar-refractivity contribution in [1.82, 2.24) is 9.80 Å². The second-order valence-corrected chi connectivity index (χ2v) is 8.35. The minimum absolute atomic E-state index is 0.00344. The number of hydrogen-bond acceptors (Lipinski definition) is 6. The zero-order valence-electron chi connectivity index (χ0n) is 16.0. The molecule has 1 heterocycles. The average Bonchev–Trinajstić information content (AvgIpc) is 2.97. The third-order valence-corrected chi connectivity index (χ3v) is 5.89. The molecule has 1 saturated heterocycles. The van der Waals surface area contributed by atoms with Gasteiger partial charge in [-0.2, -0.15) is 0 Å². The molecule has 2 aromatic carbocycles. The molecule has 0 aliphatic carbocycles. The zero-order valence-corrected chi connectivity index (χ0v) is 17.6. The lowest BCUT2D eigenvalue weighted by Crippen LogP contribution is -2.41. The van der Waals surface area contributed by atoms with E-state index in [9.17, 15) is 24.2 Å². The number of thiocarbonyl (C=S) groups is 1. The summed E-state index contributed by atoms with van der Waals surface area (Å²) in [6, 6.07) is 12.1. The number of aromatic hydroxyl groups is 1. The van der Waals surface area contributed by atoms with Crippen LogP contribution in [0.15, 0.2) is 53.4 Å². The van der Waals surface area contributed by atoms with Crippen LogP contribution in [-0.4, -0.2) is 56.3 Å². The average molecular weight is 447 g/mol. The number of amides is 2. The number of hydrogen-bond donors (Lipinski definition) is 2. The maximum Gasteiger partial charge on any atom is 0.266 e. The van der Waals surface area contributed by atoms with E-state index < -0.39 is 23.7 Å². The molecule has 3 rings (SSSR count). The summed E-state index contributed by atoms with van der Waals surface area (Å²) in [5.41, 5.74) is 0.810. The number of carbonyl (C=O) groups is 2. The van der Waals surface area contributed by atoms with E-state index in [1.807, 2.05) is 0 Å². The van der Waals surface area contributed by atoms with Crippen molar-refractivity contribution >= 4 is 46.2 Å². The first kappa shape index (κ1) is 21.9. The van der Waals surface area contributed by atoms with Crippen LogP contribution in [0.5, 0.6) is 5.75 Å². The summed E-state index contributed by atoms with van der Waals surface area (Å²) in [4.78, 5) is 27.9. The summed E-state index contributed by atoms with van der Waals surface area (Å²) >= 11 is 6.22. The SMILES string of the molecule is CN(C[C@@H](O)c1ccc(O)cc1)C(=O)CN1C(=O)/C(=C\c2ccccc2F)SC1=S. The molecule has 6 nitrogen and oxygen atoms in total. The maximum absolute atomic E-state index is 13.9. The van der Waals surface area contributed by atoms with E-state index in [4.69, 9.17) is 12.2 Å². The normalized spacial score (nSPS) is 16.2. The van der Waals surface area contributed by atoms with Gasteiger partial charge in [0, 0.05) is 12.6 Å². The third kappa shape index (κ3) is 5.05. The number of aliphatic hydroxyl groups excluding tert-OH is 1. The first-order valence-electron chi connectivity index (χ1n) is 8.97. The highest BCUT2D eigenvalue weighted by atomic mass is 32.2. The highest BCUT2D eigenvalue weighted by Crippen LogP contribution is 2.33. The second-order valence-electron chi connectivity index (χ2n) is 6.67. The molecule has 0 spiro atoms. The summed E-state index contributed by atoms with van der Waals surface area (Å²) in [5.74, 6) is -1.25. The van der Waals surface area contributed by atoms with E-state index in [0.717, 1.165) is 11.8 Å². The van der Waals surface area contributed by atoms with Gasteiger partial charge < -0.3 is 15.1 Å². The van der Waals surface area contributed by atoms with Crippen LogP contribution in [0.25, 0.3) is 6.08 Å². The van der Waals surface area contributed by atoms with Gasteiger partial charge in [0.15, 0.2) is 0 Å². The minimum Gasteiger partial charge on any atom is -0.508 e. The number of carbonyl (C=O) groups excluding carboxylic acids is 2. The van der Waals surface area contributed by atoms with Gasteiger partial charge in [0.25, 0.3) is 5.91 Å². The standard InChI is InChI=1S/C21H19FN2O4S2/c1-23(11-17(26)13-6-8-15(25)9-7-13)19(27)12-24-20(28)18(30-21(24)29)10-14-4-2-3-5-16(14)22/h2-10,17,25-26H,11-12H2,1H3/b18-10+/t17-/m1/s1. The van der Waals surface area contributed by atoms with Gasteiger partial charge in [0.2, 0.25) is 5.91 Å². The number of thioether (sulfide) groups is 1. The summed E-state index contributed by atoms with van der Waals surface area (Å²) in [6.07, 6.45) is 0.462. The lowest BCUT2D eigenvalue weighted by Gasteiger charge is -2.23. The second kappa shape index (κ2) is 9.38. The van der Waals surface area contributed by atoms with Crippen LogP contribution in [0.3, 0.4) is 0 Å². The number of rotatable bonds is 6. The summed E-state index contributed by atoms with van der Waals surface area (Å²) in [5, 5.41) is 19.6. The Labute approximate surface area is 182 Å². The van der Waals surface area contributed by atoms with Crippen molar-refractivity contribution in [3.63, 3.8) is 0 Å². The van der Waals surface area contributed by atoms with Gasteiger partial charge >= 0.3 is 0 Å². The van der Waals surface area contributed by atoms with Crippen LogP contribution >= 0.6 is 24.0 Å². The summed E-state index contributed by atoms with van der Waals surface area (Å²) in [6.45, 7) is -0.276. The zero-order chi connectivity index (χ0) is 21.8. The van der Waals surface area contributed by atoms with Gasteiger partial charge in [0.1, 0.15) is 22.4 Å². The summed E-state index contributed by atoms with van der Waals surface area (Å²) < 4.78 is 14.1. The van der Waals surface area contributed by atoms with Gasteiger partial charge in [-0.1, -0.05) is 54.3 Å². The Balaban J connectivity index is 1.64. The van der Waals surface area contributed by atoms with Crippen LogP contribution in [0, 0.1) is 5.82 Å². The van der Waals surface area contributed by atoms with Crippen LogP contribution in [0.1, 0.15) is 17.2 Å². The first-order valence-corrected chi connectivity index (χ1v) is 10.2. The lowest BCUT2D eigenvalue weighted by molar-refractivity contribution is -0.135. The van der Waals surface area contributed by atoms with Crippen LogP contribution in [0.2, 0.25) is 0 Å². The fourth-order valence-corrected chi connectivity index (χ4v) is 4.03. The van der Waals surface area contributed by atoms with E-state index in [0.29, 0.717) is 5.56 Å². The van der Waals surface area contributed by atoms with E-state index in [2.05, 4.69) is 0 Å². The quantitative estimate of drug-likeness (QED) is 0.525. The molecule has 1 atom stereocenters. The van der Waals surface area contributed by atoms with Crippen molar-refractivity contribution in [2.75, 3.05) is 20.1 Å². The topological polar surface area (TPSA) is 81.1 Å². The van der Waals surface area contributed by atoms with E-state index >= 15 is 0 Å². The molecule has 0 saturated carbocycles. The van der Waals surface area contributed by atoms with Crippen LogP contribution in [-0.2, 0) is 9.59 Å². The Morgan fingerprint density at radius 1 is 1.27 bits per heavy atom. The molecule has 1 fully saturated rings. The predicted molar refractivity (Wildman–Crippen MR) is 117 cm³/mol. The maximum atomic E-state index is 13.9. The Kier molecular flexibility index (Phi) is 6.86. The Morgan fingerprint density at radius 3 is 2.60 bits per heavy atom. The molecular weight excluding hydrogens is 427 g/mol. The highest BCUT2D eigenvalue weighted by Gasteiger charge is 2.34. The van der Waals surface area contributed by atoms with Gasteiger partial charge in [0.05, 0.1) is 17.6 Å². The van der Waals surface area contributed by atoms with E-state index in [1.54, 1.807) is 30.3 Å². The number of benzene rings is 2. The molecule has 9 heteroatoms. The van der Waals surface area contributed by atoms with Crippen molar-refractivity contribution in [1.29, 1.82) is 0 Å². The molecule has 1 aliphatic rings. The molecular formula is C21H19FN2O4S2. The van der Waals surface area contributed by atoms with Crippen molar-refractivity contribution < 1.29 is 24.2 Å². The number of likely N-dealkylation sites (N-methyl/N-ethyl adjacent to an activating group) is 1. The summed E-state index contributed by atoms with van der Waals surface area (Å²) in [7, 11) is 1.51. The molecule has 0 bridgehead atoms. The predicted octanol–water partition coefficient (Wildman–Crippen LogP) is 2.92. The molecule has 0 aromatic heterocycles. The number of aliphatic hydroxyl groups is 1. The fraction of sp³-hybridized carbons (Fsp3) is 0.190. The van der Waals surface area contributed by atoms with E-state index in [1.165, 1.54) is 41.1 Å². The van der Waals surface area contributed by atoms with Crippen molar-refractivity contribution in [2.24, 2.45) is 0 Å². The van der Waals surface area contributed by atoms with Crippen molar-refractivity contribution in [3.05, 3.63) is 70.4 Å². The van der Waals surface area contributed by atoms with Gasteiger partial charge in [-0.25, -0.2) is 4.39 Å². The molecule has 0 radical (unpaired) electrons. The highest BCUT2D eigenvalue weighted by molar-refractivity contribution is 8.26. The van der Waals surface area contributed by atoms with Crippen LogP contribution in [0.4, 0.5) is 4.39 Å². The molecule has 30 heavy (non-hydrogen) atoms. The van der Waals surface area contributed by atoms with Gasteiger partial charge in [-0.15, -0.1) is 0 Å². The van der Waals surface area contributed by atoms with Crippen molar-refractivity contribution in [2.45, 2.75) is 6.10 Å². The molecule has 2 N–H and O–H groups in total. The molecule has 0 unspecified atom stereocenters. The molecule has 1 aliphatic heterocycles. The lowest BCUT2D eigenvalue weighted by atomic mass is 10.1. The first-order chi connectivity index (χ1) is 14.3. The number of phenolic OH excluding ortho intramolecular Hbond substituents is 1. The largest absolute Gasteiger partial charge is 0.508 e. The number of phenols is 1. The van der Waals surface area contributed by atoms with Crippen molar-refractivity contribution in [3.8, 4) is 5.75 Å². The number of halogens is 1. The smallest absolute Gasteiger partial charge is 0.266 e. The third-order valence-electron chi connectivity index (χ3n) is 4.51. The Bertz CT molecular complexity index is 1010. The van der Waals surface area contributed by atoms with Gasteiger partial charge in [-0.3, -0.25) is 14.5 Å². The van der Waals surface area contributed by atoms with Crippen LogP contribution < -0.4 is 0 Å². The Hall–Kier alpha value is -2.75. The fourth-order valence-electron chi connectivity index (χ4n) is 2.79. The monoisotopic (exact) mass is 446 g/mol. The molecule has 156 valence electrons.